The molecule has 4 heteroatoms. The first-order valence-corrected chi connectivity index (χ1v) is 9.59. The average molecular weight is 305 g/mol. The average Bonchev–Trinajstić information content (AvgIpc) is 2.13. The minimum atomic E-state index is -1.38. The summed E-state index contributed by atoms with van der Waals surface area (Å²) in [7, 11) is -1.38. The van der Waals surface area contributed by atoms with E-state index in [1.54, 1.807) is 0 Å². The number of aliphatic hydroxyl groups is 2. The van der Waals surface area contributed by atoms with Crippen LogP contribution in [0.1, 0.15) is 12.8 Å². The number of halogens is 1. The SMILES string of the molecule is C=C(Br)CC(CO)(CO)CC#C[Si](C)(C)C. The third-order valence-electron chi connectivity index (χ3n) is 2.16. The summed E-state index contributed by atoms with van der Waals surface area (Å²) in [5, 5.41) is 18.8. The van der Waals surface area contributed by atoms with Crippen molar-refractivity contribution < 1.29 is 10.2 Å². The van der Waals surface area contributed by atoms with Crippen LogP contribution in [0.4, 0.5) is 0 Å². The third kappa shape index (κ3) is 6.49. The largest absolute Gasteiger partial charge is 0.396 e. The van der Waals surface area contributed by atoms with E-state index in [1.165, 1.54) is 0 Å². The Bertz CT molecular complexity index is 292. The van der Waals surface area contributed by atoms with Crippen molar-refractivity contribution in [3.63, 3.8) is 0 Å². The van der Waals surface area contributed by atoms with E-state index in [1.807, 2.05) is 0 Å². The van der Waals surface area contributed by atoms with Gasteiger partial charge in [-0.25, -0.2) is 0 Å². The van der Waals surface area contributed by atoms with Crippen LogP contribution in [0.25, 0.3) is 0 Å². The van der Waals surface area contributed by atoms with Gasteiger partial charge in [-0.15, -0.1) is 11.5 Å². The molecule has 0 aliphatic carbocycles. The first kappa shape index (κ1) is 15.9. The molecule has 0 bridgehead atoms. The molecule has 16 heavy (non-hydrogen) atoms. The predicted molar refractivity (Wildman–Crippen MR) is 75.0 cm³/mol. The molecule has 0 amide bonds. The fourth-order valence-corrected chi connectivity index (χ4v) is 2.45. The van der Waals surface area contributed by atoms with E-state index in [-0.39, 0.29) is 13.2 Å². The van der Waals surface area contributed by atoms with Crippen LogP contribution in [0, 0.1) is 16.9 Å². The molecule has 0 aromatic rings. The molecule has 0 atom stereocenters. The fourth-order valence-electron chi connectivity index (χ4n) is 1.24. The van der Waals surface area contributed by atoms with E-state index in [4.69, 9.17) is 0 Å². The molecule has 0 unspecified atom stereocenters. The van der Waals surface area contributed by atoms with Crippen LogP contribution < -0.4 is 0 Å². The van der Waals surface area contributed by atoms with E-state index >= 15 is 0 Å². The minimum Gasteiger partial charge on any atom is -0.396 e. The molecular formula is C12H21BrO2Si. The lowest BCUT2D eigenvalue weighted by Crippen LogP contribution is -2.29. The standard InChI is InChI=1S/C12H21BrO2Si/c1-11(13)8-12(9-14,10-15)6-5-7-16(2,3)4/h14-15H,1,6,8-10H2,2-4H3. The Morgan fingerprint density at radius 3 is 2.12 bits per heavy atom. The van der Waals surface area contributed by atoms with Crippen molar-refractivity contribution >= 4 is 24.0 Å². The summed E-state index contributed by atoms with van der Waals surface area (Å²) >= 11 is 3.27. The first-order chi connectivity index (χ1) is 7.24. The Hall–Kier alpha value is -0.0831. The van der Waals surface area contributed by atoms with Crippen LogP contribution in [0.3, 0.4) is 0 Å². The molecular weight excluding hydrogens is 284 g/mol. The molecule has 0 aromatic heterocycles. The third-order valence-corrected chi connectivity index (χ3v) is 3.37. The molecule has 2 N–H and O–H groups in total. The van der Waals surface area contributed by atoms with E-state index < -0.39 is 13.5 Å². The van der Waals surface area contributed by atoms with Gasteiger partial charge in [0.2, 0.25) is 0 Å². The van der Waals surface area contributed by atoms with Gasteiger partial charge in [-0.2, -0.15) is 0 Å². The van der Waals surface area contributed by atoms with Crippen LogP contribution >= 0.6 is 15.9 Å². The van der Waals surface area contributed by atoms with Gasteiger partial charge in [0.15, 0.2) is 0 Å². The molecule has 0 saturated heterocycles. The van der Waals surface area contributed by atoms with Gasteiger partial charge >= 0.3 is 0 Å². The summed E-state index contributed by atoms with van der Waals surface area (Å²) in [5.74, 6) is 3.10. The van der Waals surface area contributed by atoms with Crippen molar-refractivity contribution in [2.75, 3.05) is 13.2 Å². The molecule has 0 heterocycles. The van der Waals surface area contributed by atoms with Crippen molar-refractivity contribution in [3.05, 3.63) is 11.1 Å². The molecule has 0 fully saturated rings. The summed E-state index contributed by atoms with van der Waals surface area (Å²) in [4.78, 5) is 0. The summed E-state index contributed by atoms with van der Waals surface area (Å²) in [6, 6.07) is 0. The Balaban J connectivity index is 4.66. The second kappa shape index (κ2) is 6.60. The highest BCUT2D eigenvalue weighted by atomic mass is 79.9. The van der Waals surface area contributed by atoms with Crippen LogP contribution in [0.2, 0.25) is 19.6 Å². The molecule has 0 saturated carbocycles. The number of aliphatic hydroxyl groups excluding tert-OH is 2. The molecule has 0 aromatic carbocycles. The summed E-state index contributed by atoms with van der Waals surface area (Å²) < 4.78 is 0.783. The van der Waals surface area contributed by atoms with Crippen LogP contribution in [0.5, 0.6) is 0 Å². The second-order valence-corrected chi connectivity index (χ2v) is 11.1. The molecule has 0 radical (unpaired) electrons. The molecule has 92 valence electrons. The Morgan fingerprint density at radius 2 is 1.81 bits per heavy atom. The van der Waals surface area contributed by atoms with Crippen LogP contribution in [-0.2, 0) is 0 Å². The maximum absolute atomic E-state index is 9.38. The van der Waals surface area contributed by atoms with Crippen molar-refractivity contribution in [1.82, 2.24) is 0 Å². The lowest BCUT2D eigenvalue weighted by Gasteiger charge is -2.27. The summed E-state index contributed by atoms with van der Waals surface area (Å²) in [5.41, 5.74) is 2.68. The molecule has 0 aliphatic heterocycles. The normalized spacial score (nSPS) is 11.9. The van der Waals surface area contributed by atoms with Gasteiger partial charge in [0.05, 0.1) is 13.2 Å². The molecule has 0 spiro atoms. The quantitative estimate of drug-likeness (QED) is 0.605. The van der Waals surface area contributed by atoms with E-state index in [2.05, 4.69) is 53.6 Å². The highest BCUT2D eigenvalue weighted by Crippen LogP contribution is 2.30. The Morgan fingerprint density at radius 1 is 1.31 bits per heavy atom. The highest BCUT2D eigenvalue weighted by molar-refractivity contribution is 9.11. The van der Waals surface area contributed by atoms with Gasteiger partial charge in [-0.3, -0.25) is 0 Å². The molecule has 2 nitrogen and oxygen atoms in total. The smallest absolute Gasteiger partial charge is 0.129 e. The zero-order valence-electron chi connectivity index (χ0n) is 10.3. The number of rotatable bonds is 5. The molecule has 0 rings (SSSR count). The maximum atomic E-state index is 9.38. The second-order valence-electron chi connectivity index (χ2n) is 5.24. The van der Waals surface area contributed by atoms with Gasteiger partial charge in [-0.1, -0.05) is 42.1 Å². The van der Waals surface area contributed by atoms with Crippen molar-refractivity contribution in [2.24, 2.45) is 5.41 Å². The predicted octanol–water partition coefficient (Wildman–Crippen LogP) is 2.53. The monoisotopic (exact) mass is 304 g/mol. The first-order valence-electron chi connectivity index (χ1n) is 5.30. The minimum absolute atomic E-state index is 0.0749. The van der Waals surface area contributed by atoms with Gasteiger partial charge in [-0.05, 0) is 10.9 Å². The highest BCUT2D eigenvalue weighted by Gasteiger charge is 2.28. The van der Waals surface area contributed by atoms with Gasteiger partial charge < -0.3 is 10.2 Å². The summed E-state index contributed by atoms with van der Waals surface area (Å²) in [6.07, 6.45) is 1.05. The summed E-state index contributed by atoms with van der Waals surface area (Å²) in [6.45, 7) is 10.1. The van der Waals surface area contributed by atoms with E-state index in [0.29, 0.717) is 12.8 Å². The van der Waals surface area contributed by atoms with Crippen molar-refractivity contribution in [1.29, 1.82) is 0 Å². The number of hydrogen-bond acceptors (Lipinski definition) is 2. The Kier molecular flexibility index (Phi) is 6.57. The van der Waals surface area contributed by atoms with Gasteiger partial charge in [0.1, 0.15) is 8.07 Å². The number of hydrogen-bond donors (Lipinski definition) is 2. The van der Waals surface area contributed by atoms with Gasteiger partial charge in [0, 0.05) is 11.8 Å². The van der Waals surface area contributed by atoms with Gasteiger partial charge in [0.25, 0.3) is 0 Å². The zero-order chi connectivity index (χ0) is 12.8. The maximum Gasteiger partial charge on any atom is 0.129 e. The lowest BCUT2D eigenvalue weighted by atomic mass is 9.83. The lowest BCUT2D eigenvalue weighted by molar-refractivity contribution is 0.0606. The van der Waals surface area contributed by atoms with Crippen LogP contribution in [-0.4, -0.2) is 31.5 Å². The van der Waals surface area contributed by atoms with E-state index in [9.17, 15) is 10.2 Å². The molecule has 0 aliphatic rings. The Labute approximate surface area is 108 Å². The van der Waals surface area contributed by atoms with Crippen molar-refractivity contribution in [2.45, 2.75) is 32.5 Å². The topological polar surface area (TPSA) is 40.5 Å². The zero-order valence-corrected chi connectivity index (χ0v) is 12.9. The van der Waals surface area contributed by atoms with E-state index in [0.717, 1.165) is 4.48 Å². The van der Waals surface area contributed by atoms with Crippen LogP contribution in [0.15, 0.2) is 11.1 Å². The number of allylic oxidation sites excluding steroid dienone is 1. The fraction of sp³-hybridized carbons (Fsp3) is 0.667. The van der Waals surface area contributed by atoms with Crippen molar-refractivity contribution in [3.8, 4) is 11.5 Å².